The fraction of sp³-hybridized carbons (Fsp3) is 0.308. The minimum absolute atomic E-state index is 0.134. The summed E-state index contributed by atoms with van der Waals surface area (Å²) in [5.74, 6) is -1.11. The summed E-state index contributed by atoms with van der Waals surface area (Å²) in [4.78, 5) is 51.7. The van der Waals surface area contributed by atoms with Crippen molar-refractivity contribution in [2.75, 3.05) is 23.9 Å². The number of methoxy groups -OCH3 is 1. The highest BCUT2D eigenvalue weighted by atomic mass is 16.5. The highest BCUT2D eigenvalue weighted by Gasteiger charge is 2.60. The summed E-state index contributed by atoms with van der Waals surface area (Å²) in [7, 11) is 1.55. The number of benzene rings is 2. The average molecular weight is 460 g/mol. The van der Waals surface area contributed by atoms with E-state index >= 15 is 0 Å². The van der Waals surface area contributed by atoms with Crippen LogP contribution in [0.3, 0.4) is 0 Å². The maximum Gasteiger partial charge on any atom is 0.338 e. The molecule has 2 aromatic carbocycles. The number of ether oxygens (including phenoxy) is 2. The molecule has 3 aliphatic rings. The molecule has 0 aromatic heterocycles. The Morgan fingerprint density at radius 3 is 2.35 bits per heavy atom. The van der Waals surface area contributed by atoms with Crippen LogP contribution in [0.25, 0.3) is 0 Å². The zero-order chi connectivity index (χ0) is 24.0. The minimum Gasteiger partial charge on any atom is -0.497 e. The average Bonchev–Trinajstić information content (AvgIpc) is 3.48. The molecule has 8 nitrogen and oxygen atoms in total. The van der Waals surface area contributed by atoms with Crippen LogP contribution in [0.2, 0.25) is 0 Å². The van der Waals surface area contributed by atoms with Gasteiger partial charge in [-0.2, -0.15) is 0 Å². The third-order valence-electron chi connectivity index (χ3n) is 6.95. The lowest BCUT2D eigenvalue weighted by Gasteiger charge is -2.19. The predicted octanol–water partition coefficient (Wildman–Crippen LogP) is 3.19. The van der Waals surface area contributed by atoms with Crippen molar-refractivity contribution < 1.29 is 28.7 Å². The second-order valence-electron chi connectivity index (χ2n) is 8.88. The van der Waals surface area contributed by atoms with E-state index in [2.05, 4.69) is 11.4 Å². The number of imide groups is 1. The molecule has 0 radical (unpaired) electrons. The summed E-state index contributed by atoms with van der Waals surface area (Å²) in [5.41, 5.74) is 2.41. The number of anilines is 2. The van der Waals surface area contributed by atoms with Gasteiger partial charge >= 0.3 is 5.97 Å². The number of hydrogen-bond donors (Lipinski definition) is 1. The third-order valence-corrected chi connectivity index (χ3v) is 6.95. The van der Waals surface area contributed by atoms with Crippen LogP contribution in [0.5, 0.6) is 5.75 Å². The van der Waals surface area contributed by atoms with E-state index in [-0.39, 0.29) is 41.0 Å². The van der Waals surface area contributed by atoms with E-state index < -0.39 is 18.5 Å². The Balaban J connectivity index is 1.19. The summed E-state index contributed by atoms with van der Waals surface area (Å²) in [6, 6.07) is 12.9. The van der Waals surface area contributed by atoms with Crippen LogP contribution < -0.4 is 15.0 Å². The van der Waals surface area contributed by atoms with Gasteiger partial charge in [0.15, 0.2) is 6.61 Å². The third kappa shape index (κ3) is 3.65. The molecule has 174 valence electrons. The molecular weight excluding hydrogens is 436 g/mol. The van der Waals surface area contributed by atoms with Gasteiger partial charge < -0.3 is 14.8 Å². The molecule has 2 aromatic rings. The van der Waals surface area contributed by atoms with Crippen LogP contribution in [0.1, 0.15) is 23.7 Å². The number of allylic oxidation sites excluding steroid dienone is 2. The van der Waals surface area contributed by atoms with Crippen LogP contribution in [-0.2, 0) is 19.1 Å². The molecule has 8 heteroatoms. The molecule has 5 rings (SSSR count). The molecule has 2 fully saturated rings. The maximum atomic E-state index is 13.1. The number of fused-ring (bicyclic) bond motifs is 5. The maximum absolute atomic E-state index is 13.1. The monoisotopic (exact) mass is 460 g/mol. The Bertz CT molecular complexity index is 1200. The van der Waals surface area contributed by atoms with E-state index in [0.29, 0.717) is 17.1 Å². The first-order chi connectivity index (χ1) is 16.4. The number of amides is 3. The van der Waals surface area contributed by atoms with E-state index in [9.17, 15) is 19.2 Å². The van der Waals surface area contributed by atoms with Crippen molar-refractivity contribution in [3.05, 3.63) is 65.7 Å². The number of rotatable bonds is 6. The standard InChI is InChI=1S/C26H24N2O6/c1-14-11-16-12-20(14)23-22(16)24(30)28(25(23)31)18-7-3-15(4-8-18)26(32)34-13-21(29)27-17-5-9-19(33-2)10-6-17/h3-11,16,20,22-23H,12-13H2,1-2H3,(H,27,29)/t16-,20+,22-,23-/m0/s1. The van der Waals surface area contributed by atoms with Crippen LogP contribution in [0.4, 0.5) is 11.4 Å². The van der Waals surface area contributed by atoms with Gasteiger partial charge in [0, 0.05) is 5.69 Å². The largest absolute Gasteiger partial charge is 0.497 e. The van der Waals surface area contributed by atoms with Crippen molar-refractivity contribution in [1.29, 1.82) is 0 Å². The number of hydrogen-bond acceptors (Lipinski definition) is 6. The molecule has 4 atom stereocenters. The van der Waals surface area contributed by atoms with Gasteiger partial charge in [-0.3, -0.25) is 19.3 Å². The first-order valence-electron chi connectivity index (χ1n) is 11.1. The molecule has 1 heterocycles. The Morgan fingerprint density at radius 2 is 1.68 bits per heavy atom. The van der Waals surface area contributed by atoms with Gasteiger partial charge in [-0.25, -0.2) is 4.79 Å². The first-order valence-corrected chi connectivity index (χ1v) is 11.1. The summed E-state index contributed by atoms with van der Waals surface area (Å²) < 4.78 is 10.2. The highest BCUT2D eigenvalue weighted by molar-refractivity contribution is 6.23. The molecule has 2 aliphatic carbocycles. The van der Waals surface area contributed by atoms with E-state index in [1.807, 2.05) is 6.92 Å². The zero-order valence-electron chi connectivity index (χ0n) is 18.8. The number of carbonyl (C=O) groups excluding carboxylic acids is 4. The Hall–Kier alpha value is -3.94. The summed E-state index contributed by atoms with van der Waals surface area (Å²) >= 11 is 0. The molecule has 1 saturated carbocycles. The van der Waals surface area contributed by atoms with Crippen LogP contribution in [0, 0.1) is 23.7 Å². The fourth-order valence-electron chi connectivity index (χ4n) is 5.36. The molecule has 2 bridgehead atoms. The number of esters is 1. The van der Waals surface area contributed by atoms with Crippen LogP contribution >= 0.6 is 0 Å². The number of nitrogens with one attached hydrogen (secondary N) is 1. The van der Waals surface area contributed by atoms with E-state index in [1.54, 1.807) is 43.5 Å². The number of carbonyl (C=O) groups is 4. The zero-order valence-corrected chi connectivity index (χ0v) is 18.8. The van der Waals surface area contributed by atoms with Gasteiger partial charge in [-0.1, -0.05) is 11.6 Å². The lowest BCUT2D eigenvalue weighted by atomic mass is 9.82. The Labute approximate surface area is 196 Å². The molecule has 1 aliphatic heterocycles. The van der Waals surface area contributed by atoms with Crippen molar-refractivity contribution >= 4 is 35.1 Å². The predicted molar refractivity (Wildman–Crippen MR) is 123 cm³/mol. The SMILES string of the molecule is COc1ccc(NC(=O)COC(=O)c2ccc(N3C(=O)[C@@H]4[C@@H](C3=O)[C@H]3C=C(C)[C@H]4C3)cc2)cc1. The van der Waals surface area contributed by atoms with Gasteiger partial charge in [-0.05, 0) is 73.7 Å². The molecule has 3 amide bonds. The van der Waals surface area contributed by atoms with Gasteiger partial charge in [0.2, 0.25) is 11.8 Å². The van der Waals surface area contributed by atoms with Gasteiger partial charge in [0.25, 0.3) is 5.91 Å². The van der Waals surface area contributed by atoms with Crippen molar-refractivity contribution in [3.8, 4) is 5.75 Å². The molecule has 34 heavy (non-hydrogen) atoms. The highest BCUT2D eigenvalue weighted by Crippen LogP contribution is 2.55. The van der Waals surface area contributed by atoms with Crippen molar-refractivity contribution in [2.45, 2.75) is 13.3 Å². The molecule has 0 spiro atoms. The first kappa shape index (κ1) is 21.9. The van der Waals surface area contributed by atoms with Crippen molar-refractivity contribution in [3.63, 3.8) is 0 Å². The summed E-state index contributed by atoms with van der Waals surface area (Å²) in [5, 5.41) is 2.63. The summed E-state index contributed by atoms with van der Waals surface area (Å²) in [6.07, 6.45) is 3.01. The van der Waals surface area contributed by atoms with Crippen molar-refractivity contribution in [1.82, 2.24) is 0 Å². The van der Waals surface area contributed by atoms with Gasteiger partial charge in [0.1, 0.15) is 5.75 Å². The second-order valence-corrected chi connectivity index (χ2v) is 8.88. The smallest absolute Gasteiger partial charge is 0.338 e. The Morgan fingerprint density at radius 1 is 1.00 bits per heavy atom. The summed E-state index contributed by atoms with van der Waals surface area (Å²) in [6.45, 7) is 1.58. The molecular formula is C26H24N2O6. The quantitative estimate of drug-likeness (QED) is 0.404. The van der Waals surface area contributed by atoms with Crippen LogP contribution in [-0.4, -0.2) is 37.4 Å². The van der Waals surface area contributed by atoms with Crippen LogP contribution in [0.15, 0.2) is 60.2 Å². The van der Waals surface area contributed by atoms with E-state index in [1.165, 1.54) is 22.6 Å². The number of nitrogens with zero attached hydrogens (tertiary/aromatic N) is 1. The van der Waals surface area contributed by atoms with E-state index in [4.69, 9.17) is 9.47 Å². The van der Waals surface area contributed by atoms with Crippen molar-refractivity contribution in [2.24, 2.45) is 23.7 Å². The molecule has 1 N–H and O–H groups in total. The molecule has 0 unspecified atom stereocenters. The second kappa shape index (κ2) is 8.44. The lowest BCUT2D eigenvalue weighted by molar-refractivity contribution is -0.123. The van der Waals surface area contributed by atoms with E-state index in [0.717, 1.165) is 6.42 Å². The normalized spacial score (nSPS) is 24.6. The lowest BCUT2D eigenvalue weighted by Crippen LogP contribution is -2.33. The molecule has 1 saturated heterocycles. The topological polar surface area (TPSA) is 102 Å². The van der Waals surface area contributed by atoms with Gasteiger partial charge in [0.05, 0.1) is 30.2 Å². The minimum atomic E-state index is -0.676. The van der Waals surface area contributed by atoms with Gasteiger partial charge in [-0.15, -0.1) is 0 Å². The Kier molecular flexibility index (Phi) is 5.43. The fourth-order valence-corrected chi connectivity index (χ4v) is 5.36.